The Bertz CT molecular complexity index is 304. The molecule has 0 amide bonds. The van der Waals surface area contributed by atoms with Gasteiger partial charge in [0.2, 0.25) is 0 Å². The van der Waals surface area contributed by atoms with Crippen LogP contribution >= 0.6 is 0 Å². The van der Waals surface area contributed by atoms with Crippen molar-refractivity contribution in [2.24, 2.45) is 22.2 Å². The van der Waals surface area contributed by atoms with Gasteiger partial charge in [-0.2, -0.15) is 0 Å². The van der Waals surface area contributed by atoms with Gasteiger partial charge in [0.1, 0.15) is 0 Å². The van der Waals surface area contributed by atoms with Gasteiger partial charge < -0.3 is 14.7 Å². The number of rotatable bonds is 5. The molecule has 0 aromatic carbocycles. The lowest BCUT2D eigenvalue weighted by Gasteiger charge is -2.53. The highest BCUT2D eigenvalue weighted by molar-refractivity contribution is 4.98. The summed E-state index contributed by atoms with van der Waals surface area (Å²) in [7, 11) is 0. The summed E-state index contributed by atoms with van der Waals surface area (Å²) < 4.78 is 5.35. The van der Waals surface area contributed by atoms with Crippen molar-refractivity contribution in [2.45, 2.75) is 41.0 Å². The molecule has 2 aliphatic heterocycles. The molecular formula is C16H31NO2. The van der Waals surface area contributed by atoms with Crippen LogP contribution in [0.5, 0.6) is 0 Å². The van der Waals surface area contributed by atoms with Gasteiger partial charge in [-0.3, -0.25) is 0 Å². The molecule has 1 N–H and O–H groups in total. The molecular weight excluding hydrogens is 238 g/mol. The lowest BCUT2D eigenvalue weighted by atomic mass is 9.62. The van der Waals surface area contributed by atoms with Crippen molar-refractivity contribution in [3.8, 4) is 0 Å². The Morgan fingerprint density at radius 3 is 2.11 bits per heavy atom. The lowest BCUT2D eigenvalue weighted by molar-refractivity contribution is -0.199. The molecule has 0 spiro atoms. The second-order valence-corrected chi connectivity index (χ2v) is 8.39. The SMILES string of the molecule is CC(C)(C)C1CN(CCC(C)(C)C2(CO)COC2)C1. The fraction of sp³-hybridized carbons (Fsp3) is 1.00. The zero-order valence-electron chi connectivity index (χ0n) is 13.3. The Balaban J connectivity index is 1.77. The predicted molar refractivity (Wildman–Crippen MR) is 78.1 cm³/mol. The van der Waals surface area contributed by atoms with Gasteiger partial charge >= 0.3 is 0 Å². The van der Waals surface area contributed by atoms with Crippen LogP contribution in [0.2, 0.25) is 0 Å². The van der Waals surface area contributed by atoms with Gasteiger partial charge in [0.15, 0.2) is 0 Å². The molecule has 0 aromatic heterocycles. The topological polar surface area (TPSA) is 32.7 Å². The maximum absolute atomic E-state index is 9.66. The first kappa shape index (κ1) is 15.3. The molecule has 19 heavy (non-hydrogen) atoms. The van der Waals surface area contributed by atoms with E-state index in [2.05, 4.69) is 39.5 Å². The van der Waals surface area contributed by atoms with Crippen molar-refractivity contribution in [1.82, 2.24) is 4.90 Å². The van der Waals surface area contributed by atoms with Crippen LogP contribution in [0, 0.1) is 22.2 Å². The molecule has 2 heterocycles. The van der Waals surface area contributed by atoms with Crippen LogP contribution in [-0.2, 0) is 4.74 Å². The molecule has 2 fully saturated rings. The minimum atomic E-state index is 0.00129. The first-order valence-electron chi connectivity index (χ1n) is 7.61. The van der Waals surface area contributed by atoms with Crippen LogP contribution < -0.4 is 0 Å². The molecule has 2 rings (SSSR count). The third-order valence-corrected chi connectivity index (χ3v) is 5.73. The normalized spacial score (nSPS) is 24.9. The van der Waals surface area contributed by atoms with E-state index >= 15 is 0 Å². The van der Waals surface area contributed by atoms with Crippen molar-refractivity contribution in [1.29, 1.82) is 0 Å². The van der Waals surface area contributed by atoms with Gasteiger partial charge in [0.25, 0.3) is 0 Å². The van der Waals surface area contributed by atoms with E-state index in [-0.39, 0.29) is 17.4 Å². The van der Waals surface area contributed by atoms with E-state index in [0.717, 1.165) is 32.1 Å². The minimum Gasteiger partial charge on any atom is -0.396 e. The van der Waals surface area contributed by atoms with Crippen LogP contribution in [0.15, 0.2) is 0 Å². The van der Waals surface area contributed by atoms with Crippen LogP contribution in [0.3, 0.4) is 0 Å². The molecule has 0 unspecified atom stereocenters. The molecule has 0 radical (unpaired) electrons. The van der Waals surface area contributed by atoms with E-state index in [1.54, 1.807) is 0 Å². The quantitative estimate of drug-likeness (QED) is 0.832. The van der Waals surface area contributed by atoms with Gasteiger partial charge in [-0.1, -0.05) is 34.6 Å². The predicted octanol–water partition coefficient (Wildman–Crippen LogP) is 2.39. The maximum Gasteiger partial charge on any atom is 0.0572 e. The molecule has 0 saturated carbocycles. The Labute approximate surface area is 118 Å². The van der Waals surface area contributed by atoms with E-state index in [1.165, 1.54) is 13.1 Å². The van der Waals surface area contributed by atoms with Crippen molar-refractivity contribution in [3.63, 3.8) is 0 Å². The average molecular weight is 269 g/mol. The summed E-state index contributed by atoms with van der Waals surface area (Å²) in [5.41, 5.74) is 0.605. The minimum absolute atomic E-state index is 0.00129. The van der Waals surface area contributed by atoms with Crippen LogP contribution in [0.25, 0.3) is 0 Å². The summed E-state index contributed by atoms with van der Waals surface area (Å²) in [5, 5.41) is 9.66. The maximum atomic E-state index is 9.66. The third-order valence-electron chi connectivity index (χ3n) is 5.73. The zero-order valence-corrected chi connectivity index (χ0v) is 13.3. The molecule has 0 atom stereocenters. The summed E-state index contributed by atoms with van der Waals surface area (Å²) in [6, 6.07) is 0. The smallest absolute Gasteiger partial charge is 0.0572 e. The van der Waals surface area contributed by atoms with E-state index < -0.39 is 0 Å². The molecule has 0 aliphatic carbocycles. The fourth-order valence-corrected chi connectivity index (χ4v) is 3.05. The van der Waals surface area contributed by atoms with Gasteiger partial charge in [0, 0.05) is 18.5 Å². The van der Waals surface area contributed by atoms with Crippen LogP contribution in [0.1, 0.15) is 41.0 Å². The van der Waals surface area contributed by atoms with E-state index in [9.17, 15) is 5.11 Å². The molecule has 2 saturated heterocycles. The number of likely N-dealkylation sites (tertiary alicyclic amines) is 1. The first-order chi connectivity index (χ1) is 8.70. The van der Waals surface area contributed by atoms with Crippen LogP contribution in [-0.4, -0.2) is 49.5 Å². The van der Waals surface area contributed by atoms with Crippen molar-refractivity contribution < 1.29 is 9.84 Å². The second-order valence-electron chi connectivity index (χ2n) is 8.39. The Morgan fingerprint density at radius 1 is 1.16 bits per heavy atom. The summed E-state index contributed by atoms with van der Waals surface area (Å²) in [6.45, 7) is 16.9. The van der Waals surface area contributed by atoms with Gasteiger partial charge in [0.05, 0.1) is 19.8 Å². The molecule has 0 bridgehead atoms. The molecule has 3 nitrogen and oxygen atoms in total. The Hall–Kier alpha value is -0.120. The average Bonchev–Trinajstić information content (AvgIpc) is 2.10. The molecule has 112 valence electrons. The number of nitrogens with zero attached hydrogens (tertiary/aromatic N) is 1. The van der Waals surface area contributed by atoms with Crippen LogP contribution in [0.4, 0.5) is 0 Å². The molecule has 2 aliphatic rings. The van der Waals surface area contributed by atoms with Crippen molar-refractivity contribution in [3.05, 3.63) is 0 Å². The van der Waals surface area contributed by atoms with Gasteiger partial charge in [-0.25, -0.2) is 0 Å². The highest BCUT2D eigenvalue weighted by atomic mass is 16.5. The Kier molecular flexibility index (Phi) is 4.03. The summed E-state index contributed by atoms with van der Waals surface area (Å²) >= 11 is 0. The third kappa shape index (κ3) is 2.84. The summed E-state index contributed by atoms with van der Waals surface area (Å²) in [6.07, 6.45) is 1.15. The number of aliphatic hydroxyl groups is 1. The largest absolute Gasteiger partial charge is 0.396 e. The van der Waals surface area contributed by atoms with E-state index in [1.807, 2.05) is 0 Å². The van der Waals surface area contributed by atoms with Gasteiger partial charge in [-0.15, -0.1) is 0 Å². The molecule has 0 aromatic rings. The van der Waals surface area contributed by atoms with Crippen molar-refractivity contribution >= 4 is 0 Å². The van der Waals surface area contributed by atoms with Gasteiger partial charge in [-0.05, 0) is 29.7 Å². The number of aliphatic hydroxyl groups excluding tert-OH is 1. The van der Waals surface area contributed by atoms with E-state index in [0.29, 0.717) is 5.41 Å². The summed E-state index contributed by atoms with van der Waals surface area (Å²) in [5.74, 6) is 0.842. The fourth-order valence-electron chi connectivity index (χ4n) is 3.05. The standard InChI is InChI=1S/C16H31NO2/c1-14(2,3)13-8-17(9-13)7-6-15(4,5)16(10-18)11-19-12-16/h13,18H,6-12H2,1-5H3. The zero-order chi connectivity index (χ0) is 14.3. The van der Waals surface area contributed by atoms with Crippen molar-refractivity contribution in [2.75, 3.05) is 39.5 Å². The molecule has 3 heteroatoms. The monoisotopic (exact) mass is 269 g/mol. The second kappa shape index (κ2) is 5.01. The Morgan fingerprint density at radius 2 is 1.74 bits per heavy atom. The lowest BCUT2D eigenvalue weighted by Crippen LogP contribution is -2.57. The van der Waals surface area contributed by atoms with E-state index in [4.69, 9.17) is 4.74 Å². The summed E-state index contributed by atoms with van der Waals surface area (Å²) in [4.78, 5) is 2.56. The highest BCUT2D eigenvalue weighted by Crippen LogP contribution is 2.47. The first-order valence-corrected chi connectivity index (χ1v) is 7.61. The number of hydrogen-bond acceptors (Lipinski definition) is 3. The number of hydrogen-bond donors (Lipinski definition) is 1. The number of ether oxygens (including phenoxy) is 1. The highest BCUT2D eigenvalue weighted by Gasteiger charge is 2.50.